The summed E-state index contributed by atoms with van der Waals surface area (Å²) >= 11 is 0. The second-order valence-electron chi connectivity index (χ2n) is 5.62. The van der Waals surface area contributed by atoms with Crippen molar-refractivity contribution in [3.05, 3.63) is 88.5 Å². The molecule has 3 rings (SSSR count). The summed E-state index contributed by atoms with van der Waals surface area (Å²) < 4.78 is 0. The van der Waals surface area contributed by atoms with Gasteiger partial charge in [-0.25, -0.2) is 0 Å². The minimum absolute atomic E-state index is 0.594. The van der Waals surface area contributed by atoms with E-state index < -0.39 is 0 Å². The Kier molecular flexibility index (Phi) is 3.57. The number of rotatable bonds is 3. The van der Waals surface area contributed by atoms with Crippen LogP contribution in [0.2, 0.25) is 0 Å². The van der Waals surface area contributed by atoms with Gasteiger partial charge in [0.1, 0.15) is 0 Å². The summed E-state index contributed by atoms with van der Waals surface area (Å²) in [4.78, 5) is 0. The Morgan fingerprint density at radius 3 is 2.24 bits per heavy atom. The van der Waals surface area contributed by atoms with Gasteiger partial charge in [0.2, 0.25) is 0 Å². The highest BCUT2D eigenvalue weighted by molar-refractivity contribution is 6.13. The molecular formula is C20H19N. The Bertz CT molecular complexity index is 748. The highest BCUT2D eigenvalue weighted by Crippen LogP contribution is 2.35. The lowest BCUT2D eigenvalue weighted by molar-refractivity contribution is 1.26. The van der Waals surface area contributed by atoms with Crippen LogP contribution in [0.4, 0.5) is 0 Å². The summed E-state index contributed by atoms with van der Waals surface area (Å²) in [5.41, 5.74) is 7.83. The summed E-state index contributed by atoms with van der Waals surface area (Å²) in [5, 5.41) is 8.55. The van der Waals surface area contributed by atoms with E-state index in [1.807, 2.05) is 36.4 Å². The third-order valence-corrected chi connectivity index (χ3v) is 3.98. The average Bonchev–Trinajstić information content (AvgIpc) is 2.86. The summed E-state index contributed by atoms with van der Waals surface area (Å²) in [5.74, 6) is 0. The maximum atomic E-state index is 8.55. The van der Waals surface area contributed by atoms with Crippen molar-refractivity contribution in [2.75, 3.05) is 0 Å². The number of hydrogen-bond donors (Lipinski definition) is 1. The molecule has 1 aliphatic rings. The van der Waals surface area contributed by atoms with Crippen LogP contribution in [-0.4, -0.2) is 5.71 Å². The Morgan fingerprint density at radius 2 is 1.57 bits per heavy atom. The maximum Gasteiger partial charge on any atom is 0.0690 e. The summed E-state index contributed by atoms with van der Waals surface area (Å²) in [7, 11) is 0. The molecule has 104 valence electrons. The number of nitrogens with one attached hydrogen (secondary N) is 1. The third kappa shape index (κ3) is 2.59. The summed E-state index contributed by atoms with van der Waals surface area (Å²) in [6.07, 6.45) is 3.24. The molecule has 0 saturated heterocycles. The molecule has 0 heterocycles. The molecule has 0 spiro atoms. The molecule has 0 radical (unpaired) electrons. The molecule has 0 bridgehead atoms. The van der Waals surface area contributed by atoms with E-state index in [2.05, 4.69) is 38.1 Å². The van der Waals surface area contributed by atoms with E-state index in [0.717, 1.165) is 17.5 Å². The van der Waals surface area contributed by atoms with Crippen LogP contribution < -0.4 is 0 Å². The Labute approximate surface area is 126 Å². The zero-order valence-corrected chi connectivity index (χ0v) is 12.5. The number of hydrogen-bond acceptors (Lipinski definition) is 1. The van der Waals surface area contributed by atoms with Crippen molar-refractivity contribution in [2.24, 2.45) is 0 Å². The number of allylic oxidation sites excluding steroid dienone is 4. The fraction of sp³-hybridized carbons (Fsp3) is 0.150. The van der Waals surface area contributed by atoms with Gasteiger partial charge < -0.3 is 0 Å². The highest BCUT2D eigenvalue weighted by Gasteiger charge is 2.17. The van der Waals surface area contributed by atoms with Crippen molar-refractivity contribution in [1.29, 1.82) is 5.41 Å². The van der Waals surface area contributed by atoms with Gasteiger partial charge in [-0.3, -0.25) is 5.41 Å². The minimum atomic E-state index is 0.594. The smallest absolute Gasteiger partial charge is 0.0690 e. The quantitative estimate of drug-likeness (QED) is 0.741. The molecule has 1 N–H and O–H groups in total. The minimum Gasteiger partial charge on any atom is -0.300 e. The standard InChI is InChI=1S/C20H19N/c1-14-12-15(2)19(13-14)17-10-6-7-11-18(17)20(21)16-8-4-3-5-9-16/h3-12,21H,13H2,1-2H3. The van der Waals surface area contributed by atoms with Crippen LogP contribution in [0.25, 0.3) is 5.57 Å². The molecule has 21 heavy (non-hydrogen) atoms. The lowest BCUT2D eigenvalue weighted by Gasteiger charge is -2.13. The van der Waals surface area contributed by atoms with E-state index in [9.17, 15) is 0 Å². The van der Waals surface area contributed by atoms with Crippen molar-refractivity contribution in [1.82, 2.24) is 0 Å². The third-order valence-electron chi connectivity index (χ3n) is 3.98. The summed E-state index contributed by atoms with van der Waals surface area (Å²) in [6, 6.07) is 18.2. The molecule has 0 atom stereocenters. The van der Waals surface area contributed by atoms with Crippen molar-refractivity contribution in [2.45, 2.75) is 20.3 Å². The fourth-order valence-electron chi connectivity index (χ4n) is 2.96. The van der Waals surface area contributed by atoms with Crippen molar-refractivity contribution >= 4 is 11.3 Å². The van der Waals surface area contributed by atoms with Crippen molar-refractivity contribution < 1.29 is 0 Å². The predicted molar refractivity (Wildman–Crippen MR) is 89.8 cm³/mol. The fourth-order valence-corrected chi connectivity index (χ4v) is 2.96. The molecule has 1 aliphatic carbocycles. The van der Waals surface area contributed by atoms with Crippen LogP contribution in [0.3, 0.4) is 0 Å². The second-order valence-corrected chi connectivity index (χ2v) is 5.62. The first-order valence-corrected chi connectivity index (χ1v) is 7.27. The van der Waals surface area contributed by atoms with Gasteiger partial charge in [0.15, 0.2) is 0 Å². The van der Waals surface area contributed by atoms with Crippen LogP contribution in [0.5, 0.6) is 0 Å². The molecule has 0 fully saturated rings. The molecule has 0 aromatic heterocycles. The summed E-state index contributed by atoms with van der Waals surface area (Å²) in [6.45, 7) is 4.33. The van der Waals surface area contributed by atoms with Crippen LogP contribution in [-0.2, 0) is 0 Å². The van der Waals surface area contributed by atoms with Gasteiger partial charge >= 0.3 is 0 Å². The van der Waals surface area contributed by atoms with Gasteiger partial charge in [0.25, 0.3) is 0 Å². The molecular weight excluding hydrogens is 254 g/mol. The molecule has 0 amide bonds. The molecule has 2 aromatic rings. The molecule has 1 nitrogen and oxygen atoms in total. The average molecular weight is 273 g/mol. The first-order valence-electron chi connectivity index (χ1n) is 7.27. The largest absolute Gasteiger partial charge is 0.300 e. The van der Waals surface area contributed by atoms with E-state index in [1.165, 1.54) is 22.3 Å². The predicted octanol–water partition coefficient (Wildman–Crippen LogP) is 5.23. The monoisotopic (exact) mass is 273 g/mol. The molecule has 1 heteroatoms. The molecule has 0 aliphatic heterocycles. The van der Waals surface area contributed by atoms with Gasteiger partial charge in [-0.2, -0.15) is 0 Å². The Balaban J connectivity index is 2.06. The second kappa shape index (κ2) is 5.53. The Morgan fingerprint density at radius 1 is 0.905 bits per heavy atom. The van der Waals surface area contributed by atoms with Gasteiger partial charge in [-0.15, -0.1) is 0 Å². The first-order chi connectivity index (χ1) is 10.2. The van der Waals surface area contributed by atoms with Crippen LogP contribution in [0.15, 0.2) is 71.8 Å². The zero-order valence-electron chi connectivity index (χ0n) is 12.5. The number of benzene rings is 2. The van der Waals surface area contributed by atoms with Crippen molar-refractivity contribution in [3.8, 4) is 0 Å². The van der Waals surface area contributed by atoms with E-state index in [-0.39, 0.29) is 0 Å². The van der Waals surface area contributed by atoms with Crippen LogP contribution in [0, 0.1) is 5.41 Å². The SMILES string of the molecule is CC1=CC(C)=C(c2ccccc2C(=N)c2ccccc2)C1. The van der Waals surface area contributed by atoms with E-state index in [4.69, 9.17) is 5.41 Å². The molecule has 0 unspecified atom stereocenters. The van der Waals surface area contributed by atoms with E-state index in [0.29, 0.717) is 5.71 Å². The highest BCUT2D eigenvalue weighted by atomic mass is 14.4. The first kappa shape index (κ1) is 13.6. The van der Waals surface area contributed by atoms with Gasteiger partial charge in [-0.1, -0.05) is 66.2 Å². The van der Waals surface area contributed by atoms with Crippen molar-refractivity contribution in [3.63, 3.8) is 0 Å². The van der Waals surface area contributed by atoms with Gasteiger partial charge in [-0.05, 0) is 37.0 Å². The van der Waals surface area contributed by atoms with Crippen LogP contribution >= 0.6 is 0 Å². The topological polar surface area (TPSA) is 23.9 Å². The Hall–Kier alpha value is -2.41. The molecule has 0 saturated carbocycles. The van der Waals surface area contributed by atoms with Crippen LogP contribution in [0.1, 0.15) is 37.0 Å². The van der Waals surface area contributed by atoms with E-state index >= 15 is 0 Å². The van der Waals surface area contributed by atoms with Gasteiger partial charge in [0, 0.05) is 11.1 Å². The zero-order chi connectivity index (χ0) is 14.8. The van der Waals surface area contributed by atoms with E-state index in [1.54, 1.807) is 0 Å². The normalized spacial score (nSPS) is 14.3. The molecule has 2 aromatic carbocycles. The lowest BCUT2D eigenvalue weighted by atomic mass is 9.91. The maximum absolute atomic E-state index is 8.55. The lowest BCUT2D eigenvalue weighted by Crippen LogP contribution is -2.05. The van der Waals surface area contributed by atoms with Gasteiger partial charge in [0.05, 0.1) is 5.71 Å².